The van der Waals surface area contributed by atoms with Crippen LogP contribution in [-0.4, -0.2) is 19.6 Å². The second kappa shape index (κ2) is 4.58. The number of rotatable bonds is 3. The van der Waals surface area contributed by atoms with E-state index >= 15 is 0 Å². The molecule has 0 radical (unpaired) electrons. The molecule has 1 N–H and O–H groups in total. The Morgan fingerprint density at radius 3 is 2.78 bits per heavy atom. The second-order valence-electron chi connectivity index (χ2n) is 1.76. The Labute approximate surface area is 59.4 Å². The lowest BCUT2D eigenvalue weighted by molar-refractivity contribution is -0.144. The van der Waals surface area contributed by atoms with E-state index in [9.17, 15) is 4.79 Å². The zero-order chi connectivity index (χ0) is 7.28. The van der Waals surface area contributed by atoms with Crippen LogP contribution in [-0.2, 0) is 9.53 Å². The van der Waals surface area contributed by atoms with Gasteiger partial charge in [0.05, 0.1) is 13.0 Å². The summed E-state index contributed by atoms with van der Waals surface area (Å²) in [5.41, 5.74) is 0. The number of ether oxygens (including phenoxy) is 1. The third kappa shape index (κ3) is 3.32. The molecule has 0 aliphatic carbocycles. The maximum absolute atomic E-state index is 10.6. The first kappa shape index (κ1) is 8.72. The molecule has 0 amide bonds. The molecule has 54 valence electrons. The Balaban J connectivity index is 3.45. The third-order valence-electron chi connectivity index (χ3n) is 0.987. The van der Waals surface area contributed by atoms with Crippen molar-refractivity contribution in [1.82, 2.24) is 4.84 Å². The molecule has 0 aromatic carbocycles. The van der Waals surface area contributed by atoms with E-state index in [0.717, 1.165) is 0 Å². The number of carbonyl (C=O) groups is 1. The molecule has 0 aromatic rings. The Bertz CT molecular complexity index is 97.0. The normalized spacial score (nSPS) is 12.8. The Kier molecular flexibility index (Phi) is 4.44. The largest absolute Gasteiger partial charge is 0.469 e. The van der Waals surface area contributed by atoms with Crippen molar-refractivity contribution < 1.29 is 9.53 Å². The van der Waals surface area contributed by atoms with E-state index in [4.69, 9.17) is 11.8 Å². The van der Waals surface area contributed by atoms with Crippen LogP contribution in [0.3, 0.4) is 0 Å². The third-order valence-corrected chi connectivity index (χ3v) is 1.14. The second-order valence-corrected chi connectivity index (χ2v) is 2.03. The number of esters is 1. The predicted octanol–water partition coefficient (Wildman–Crippen LogP) is 0.539. The average Bonchev–Trinajstić information content (AvgIpc) is 1.87. The van der Waals surface area contributed by atoms with Gasteiger partial charge in [-0.2, -0.15) is 0 Å². The summed E-state index contributed by atoms with van der Waals surface area (Å²) in [5.74, 6) is -0.421. The van der Waals surface area contributed by atoms with Crippen LogP contribution in [0.15, 0.2) is 0 Å². The standard InChI is InChI=1S/C5H10ClNO2/c1-4(3-7-6)5(8)9-2/h4,7H,3H2,1-2H3. The molecule has 0 bridgehead atoms. The van der Waals surface area contributed by atoms with Gasteiger partial charge in [-0.1, -0.05) is 6.92 Å². The number of methoxy groups -OCH3 is 1. The van der Waals surface area contributed by atoms with Gasteiger partial charge in [-0.05, 0) is 11.8 Å². The Hall–Kier alpha value is -0.280. The summed E-state index contributed by atoms with van der Waals surface area (Å²) in [6, 6.07) is 0. The molecule has 0 aliphatic heterocycles. The van der Waals surface area contributed by atoms with Gasteiger partial charge in [0, 0.05) is 6.54 Å². The van der Waals surface area contributed by atoms with Crippen LogP contribution in [0.5, 0.6) is 0 Å². The summed E-state index contributed by atoms with van der Waals surface area (Å²) < 4.78 is 4.43. The highest BCUT2D eigenvalue weighted by Gasteiger charge is 2.10. The molecule has 3 nitrogen and oxygen atoms in total. The van der Waals surface area contributed by atoms with Gasteiger partial charge in [0.1, 0.15) is 0 Å². The summed E-state index contributed by atoms with van der Waals surface area (Å²) in [7, 11) is 1.35. The average molecular weight is 152 g/mol. The first-order chi connectivity index (χ1) is 4.22. The predicted molar refractivity (Wildman–Crippen MR) is 35.0 cm³/mol. The summed E-state index contributed by atoms with van der Waals surface area (Å²) >= 11 is 5.14. The van der Waals surface area contributed by atoms with Crippen LogP contribution in [0.25, 0.3) is 0 Å². The smallest absolute Gasteiger partial charge is 0.309 e. The number of carbonyl (C=O) groups excluding carboxylic acids is 1. The van der Waals surface area contributed by atoms with Crippen LogP contribution < -0.4 is 4.84 Å². The highest BCUT2D eigenvalue weighted by molar-refractivity contribution is 6.13. The molecule has 0 spiro atoms. The topological polar surface area (TPSA) is 38.3 Å². The zero-order valence-electron chi connectivity index (χ0n) is 5.48. The maximum Gasteiger partial charge on any atom is 0.309 e. The highest BCUT2D eigenvalue weighted by atomic mass is 35.5. The van der Waals surface area contributed by atoms with E-state index in [1.165, 1.54) is 7.11 Å². The minimum absolute atomic E-state index is 0.174. The number of hydrogen-bond acceptors (Lipinski definition) is 3. The summed E-state index contributed by atoms with van der Waals surface area (Å²) in [4.78, 5) is 12.9. The van der Waals surface area contributed by atoms with E-state index in [1.54, 1.807) is 6.92 Å². The quantitative estimate of drug-likeness (QED) is 0.473. The van der Waals surface area contributed by atoms with Gasteiger partial charge in [0.25, 0.3) is 0 Å². The summed E-state index contributed by atoms with van der Waals surface area (Å²) in [6.45, 7) is 2.18. The van der Waals surface area contributed by atoms with Crippen LogP contribution in [0.4, 0.5) is 0 Å². The monoisotopic (exact) mass is 151 g/mol. The molecular weight excluding hydrogens is 142 g/mol. The van der Waals surface area contributed by atoms with Crippen molar-refractivity contribution in [2.24, 2.45) is 5.92 Å². The zero-order valence-corrected chi connectivity index (χ0v) is 6.23. The van der Waals surface area contributed by atoms with Gasteiger partial charge in [0.15, 0.2) is 0 Å². The van der Waals surface area contributed by atoms with Crippen LogP contribution in [0, 0.1) is 5.92 Å². The van der Waals surface area contributed by atoms with Crippen molar-refractivity contribution >= 4 is 17.7 Å². The van der Waals surface area contributed by atoms with Crippen molar-refractivity contribution in [1.29, 1.82) is 0 Å². The molecule has 0 saturated carbocycles. The molecule has 9 heavy (non-hydrogen) atoms. The fraction of sp³-hybridized carbons (Fsp3) is 0.800. The maximum atomic E-state index is 10.6. The first-order valence-corrected chi connectivity index (χ1v) is 3.01. The molecular formula is C5H10ClNO2. The van der Waals surface area contributed by atoms with Gasteiger partial charge in [-0.25, -0.2) is 4.84 Å². The van der Waals surface area contributed by atoms with Gasteiger partial charge in [-0.3, -0.25) is 4.79 Å². The lowest BCUT2D eigenvalue weighted by Gasteiger charge is -2.05. The molecule has 0 saturated heterocycles. The van der Waals surface area contributed by atoms with Crippen molar-refractivity contribution in [2.45, 2.75) is 6.92 Å². The van der Waals surface area contributed by atoms with Crippen LogP contribution >= 0.6 is 11.8 Å². The van der Waals surface area contributed by atoms with Gasteiger partial charge < -0.3 is 4.74 Å². The van der Waals surface area contributed by atoms with E-state index in [2.05, 4.69) is 9.57 Å². The highest BCUT2D eigenvalue weighted by Crippen LogP contribution is 1.94. The van der Waals surface area contributed by atoms with Crippen LogP contribution in [0.1, 0.15) is 6.92 Å². The van der Waals surface area contributed by atoms with Crippen molar-refractivity contribution in [3.8, 4) is 0 Å². The molecule has 0 aromatic heterocycles. The molecule has 0 rings (SSSR count). The van der Waals surface area contributed by atoms with Gasteiger partial charge >= 0.3 is 5.97 Å². The van der Waals surface area contributed by atoms with Crippen molar-refractivity contribution in [2.75, 3.05) is 13.7 Å². The Morgan fingerprint density at radius 2 is 2.44 bits per heavy atom. The molecule has 0 fully saturated rings. The number of halogens is 1. The van der Waals surface area contributed by atoms with E-state index in [0.29, 0.717) is 6.54 Å². The molecule has 1 atom stereocenters. The number of hydrogen-bond donors (Lipinski definition) is 1. The van der Waals surface area contributed by atoms with Crippen LogP contribution in [0.2, 0.25) is 0 Å². The molecule has 0 aliphatic rings. The minimum Gasteiger partial charge on any atom is -0.469 e. The Morgan fingerprint density at radius 1 is 1.89 bits per heavy atom. The van der Waals surface area contributed by atoms with Gasteiger partial charge in [0.2, 0.25) is 0 Å². The minimum atomic E-state index is -0.247. The summed E-state index contributed by atoms with van der Waals surface area (Å²) in [5, 5.41) is 0. The van der Waals surface area contributed by atoms with Crippen molar-refractivity contribution in [3.05, 3.63) is 0 Å². The van der Waals surface area contributed by atoms with E-state index < -0.39 is 0 Å². The molecule has 4 heteroatoms. The molecule has 1 unspecified atom stereocenters. The fourth-order valence-electron chi connectivity index (χ4n) is 0.400. The SMILES string of the molecule is COC(=O)C(C)CNCl. The lowest BCUT2D eigenvalue weighted by Crippen LogP contribution is -2.21. The van der Waals surface area contributed by atoms with E-state index in [-0.39, 0.29) is 11.9 Å². The lowest BCUT2D eigenvalue weighted by atomic mass is 10.2. The summed E-state index contributed by atoms with van der Waals surface area (Å²) in [6.07, 6.45) is 0. The van der Waals surface area contributed by atoms with Gasteiger partial charge in [-0.15, -0.1) is 0 Å². The van der Waals surface area contributed by atoms with Crippen molar-refractivity contribution in [3.63, 3.8) is 0 Å². The number of nitrogens with one attached hydrogen (secondary N) is 1. The first-order valence-electron chi connectivity index (χ1n) is 2.63. The molecule has 0 heterocycles. The van der Waals surface area contributed by atoms with E-state index in [1.807, 2.05) is 0 Å². The fourth-order valence-corrected chi connectivity index (χ4v) is 0.632.